The maximum atomic E-state index is 13.3. The van der Waals surface area contributed by atoms with E-state index in [0.717, 1.165) is 41.4 Å². The van der Waals surface area contributed by atoms with Gasteiger partial charge in [0.25, 0.3) is 0 Å². The molecule has 0 saturated carbocycles. The van der Waals surface area contributed by atoms with E-state index < -0.39 is 6.04 Å². The number of aromatic nitrogens is 5. The number of nitrogens with zero attached hydrogens (tertiary/aromatic N) is 4. The fraction of sp³-hybridized carbons (Fsp3) is 0.238. The molecular weight excluding hydrogens is 388 g/mol. The summed E-state index contributed by atoms with van der Waals surface area (Å²) in [6.07, 6.45) is 4.29. The first-order valence-electron chi connectivity index (χ1n) is 9.59. The van der Waals surface area contributed by atoms with Crippen LogP contribution in [0.2, 0.25) is 5.02 Å². The number of fused-ring (bicyclic) bond motifs is 3. The molecule has 5 rings (SSSR count). The standard InChI is InChI=1S/C21H19ClN6O/c22-16-10-4-8-14-15-9-5-11-17(19(15)25-18(14)16)24-21(29)20(28-12-23-26-27-28)13-6-2-1-3-7-13/h1-4,6-8,10,12,17,20,25H,5,9,11H2,(H,24,29)/t17-,20+/m0/s1. The Labute approximate surface area is 172 Å². The van der Waals surface area contributed by atoms with Crippen molar-refractivity contribution >= 4 is 28.4 Å². The van der Waals surface area contributed by atoms with Crippen LogP contribution in [0.5, 0.6) is 0 Å². The van der Waals surface area contributed by atoms with Gasteiger partial charge in [0.2, 0.25) is 5.91 Å². The van der Waals surface area contributed by atoms with E-state index in [1.54, 1.807) is 0 Å². The van der Waals surface area contributed by atoms with Gasteiger partial charge in [-0.25, -0.2) is 4.68 Å². The van der Waals surface area contributed by atoms with Gasteiger partial charge < -0.3 is 10.3 Å². The lowest BCUT2D eigenvalue weighted by molar-refractivity contribution is -0.124. The van der Waals surface area contributed by atoms with Gasteiger partial charge in [-0.15, -0.1) is 5.10 Å². The van der Waals surface area contributed by atoms with Crippen LogP contribution >= 0.6 is 11.6 Å². The number of halogens is 1. The predicted molar refractivity (Wildman–Crippen MR) is 110 cm³/mol. The van der Waals surface area contributed by atoms with E-state index in [9.17, 15) is 4.79 Å². The number of hydrogen-bond acceptors (Lipinski definition) is 4. The van der Waals surface area contributed by atoms with Crippen LogP contribution in [-0.4, -0.2) is 31.1 Å². The van der Waals surface area contributed by atoms with Crippen LogP contribution in [-0.2, 0) is 11.2 Å². The average Bonchev–Trinajstić information content (AvgIpc) is 3.39. The highest BCUT2D eigenvalue weighted by atomic mass is 35.5. The number of nitrogens with one attached hydrogen (secondary N) is 2. The molecule has 0 radical (unpaired) electrons. The first-order valence-corrected chi connectivity index (χ1v) is 9.97. The number of aryl methyl sites for hydroxylation is 1. The predicted octanol–water partition coefficient (Wildman–Crippen LogP) is 3.59. The maximum Gasteiger partial charge on any atom is 0.250 e. The highest BCUT2D eigenvalue weighted by molar-refractivity contribution is 6.35. The summed E-state index contributed by atoms with van der Waals surface area (Å²) >= 11 is 6.38. The lowest BCUT2D eigenvalue weighted by atomic mass is 9.91. The average molecular weight is 407 g/mol. The molecule has 0 bridgehead atoms. The summed E-state index contributed by atoms with van der Waals surface area (Å²) in [6, 6.07) is 14.7. The van der Waals surface area contributed by atoms with Crippen LogP contribution < -0.4 is 5.32 Å². The van der Waals surface area contributed by atoms with Crippen LogP contribution in [0.4, 0.5) is 0 Å². The van der Waals surface area contributed by atoms with E-state index in [1.807, 2.05) is 42.5 Å². The number of para-hydroxylation sites is 1. The number of amides is 1. The summed E-state index contributed by atoms with van der Waals surface area (Å²) in [5.74, 6) is -0.147. The molecule has 1 amide bonds. The molecule has 1 aliphatic rings. The number of hydrogen-bond donors (Lipinski definition) is 2. The number of tetrazole rings is 1. The van der Waals surface area contributed by atoms with Crippen molar-refractivity contribution in [1.29, 1.82) is 0 Å². The highest BCUT2D eigenvalue weighted by Gasteiger charge is 2.30. The lowest BCUT2D eigenvalue weighted by Crippen LogP contribution is -2.37. The van der Waals surface area contributed by atoms with E-state index in [0.29, 0.717) is 5.02 Å². The van der Waals surface area contributed by atoms with Crippen LogP contribution in [0.3, 0.4) is 0 Å². The van der Waals surface area contributed by atoms with Gasteiger partial charge >= 0.3 is 0 Å². The number of carbonyl (C=O) groups excluding carboxylic acids is 1. The number of H-pyrrole nitrogens is 1. The van der Waals surface area contributed by atoms with Gasteiger partial charge in [0.15, 0.2) is 6.04 Å². The molecule has 0 aliphatic heterocycles. The molecule has 4 aromatic rings. The van der Waals surface area contributed by atoms with Crippen molar-refractivity contribution in [3.05, 3.63) is 76.7 Å². The molecule has 8 heteroatoms. The Bertz CT molecular complexity index is 1150. The van der Waals surface area contributed by atoms with Crippen LogP contribution in [0, 0.1) is 0 Å². The molecule has 146 valence electrons. The topological polar surface area (TPSA) is 88.5 Å². The minimum absolute atomic E-state index is 0.114. The number of rotatable bonds is 4. The third-order valence-corrected chi connectivity index (χ3v) is 5.82. The minimum Gasteiger partial charge on any atom is -0.355 e. The third kappa shape index (κ3) is 3.17. The zero-order chi connectivity index (χ0) is 19.8. The fourth-order valence-corrected chi connectivity index (χ4v) is 4.41. The summed E-state index contributed by atoms with van der Waals surface area (Å²) in [7, 11) is 0. The summed E-state index contributed by atoms with van der Waals surface area (Å²) in [5, 5.41) is 16.4. The Morgan fingerprint density at radius 1 is 1.21 bits per heavy atom. The van der Waals surface area contributed by atoms with Gasteiger partial charge in [-0.05, 0) is 46.9 Å². The van der Waals surface area contributed by atoms with E-state index >= 15 is 0 Å². The van der Waals surface area contributed by atoms with Crippen LogP contribution in [0.15, 0.2) is 54.9 Å². The number of benzene rings is 2. The Hall–Kier alpha value is -3.19. The maximum absolute atomic E-state index is 13.3. The Kier molecular flexibility index (Phi) is 4.52. The highest BCUT2D eigenvalue weighted by Crippen LogP contribution is 2.37. The van der Waals surface area contributed by atoms with E-state index in [4.69, 9.17) is 11.6 Å². The SMILES string of the molecule is O=C(N[C@H]1CCCc2c1[nH]c1c(Cl)cccc21)[C@@H](c1ccccc1)n1cnnn1. The normalized spacial score (nSPS) is 17.1. The number of aromatic amines is 1. The molecular formula is C21H19ClN6O. The van der Waals surface area contributed by atoms with E-state index in [1.165, 1.54) is 16.6 Å². The smallest absolute Gasteiger partial charge is 0.250 e. The van der Waals surface area contributed by atoms with Gasteiger partial charge in [-0.2, -0.15) is 0 Å². The van der Waals surface area contributed by atoms with Crippen LogP contribution in [0.1, 0.15) is 41.7 Å². The second-order valence-corrected chi connectivity index (χ2v) is 7.64. The fourth-order valence-electron chi connectivity index (χ4n) is 4.19. The molecule has 2 N–H and O–H groups in total. The molecule has 2 atom stereocenters. The quantitative estimate of drug-likeness (QED) is 0.542. The Balaban J connectivity index is 1.49. The van der Waals surface area contributed by atoms with Crippen molar-refractivity contribution in [2.24, 2.45) is 0 Å². The summed E-state index contributed by atoms with van der Waals surface area (Å²) in [5.41, 5.74) is 4.03. The molecule has 0 fully saturated rings. The first kappa shape index (κ1) is 17.9. The molecule has 7 nitrogen and oxygen atoms in total. The molecule has 0 saturated heterocycles. The van der Waals surface area contributed by atoms with Crippen LogP contribution in [0.25, 0.3) is 10.9 Å². The van der Waals surface area contributed by atoms with Gasteiger partial charge in [0.05, 0.1) is 16.6 Å². The second kappa shape index (κ2) is 7.33. The molecule has 29 heavy (non-hydrogen) atoms. The molecule has 2 heterocycles. The van der Waals surface area contributed by atoms with Crippen molar-refractivity contribution in [3.8, 4) is 0 Å². The monoisotopic (exact) mass is 406 g/mol. The van der Waals surface area contributed by atoms with Crippen molar-refractivity contribution in [3.63, 3.8) is 0 Å². The Morgan fingerprint density at radius 3 is 2.86 bits per heavy atom. The lowest BCUT2D eigenvalue weighted by Gasteiger charge is -2.26. The third-order valence-electron chi connectivity index (χ3n) is 5.50. The van der Waals surface area contributed by atoms with Gasteiger partial charge in [-0.1, -0.05) is 54.1 Å². The van der Waals surface area contributed by atoms with Gasteiger partial charge in [-0.3, -0.25) is 4.79 Å². The van der Waals surface area contributed by atoms with E-state index in [2.05, 4.69) is 31.9 Å². The summed E-state index contributed by atoms with van der Waals surface area (Å²) in [6.45, 7) is 0. The molecule has 1 aliphatic carbocycles. The molecule has 0 unspecified atom stereocenters. The van der Waals surface area contributed by atoms with Crippen molar-refractivity contribution < 1.29 is 4.79 Å². The zero-order valence-corrected chi connectivity index (χ0v) is 16.3. The van der Waals surface area contributed by atoms with E-state index in [-0.39, 0.29) is 11.9 Å². The van der Waals surface area contributed by atoms with Crippen molar-refractivity contribution in [1.82, 2.24) is 30.5 Å². The van der Waals surface area contributed by atoms with Crippen molar-refractivity contribution in [2.45, 2.75) is 31.3 Å². The van der Waals surface area contributed by atoms with Gasteiger partial charge in [0, 0.05) is 11.1 Å². The Morgan fingerprint density at radius 2 is 2.07 bits per heavy atom. The van der Waals surface area contributed by atoms with Gasteiger partial charge in [0.1, 0.15) is 6.33 Å². The minimum atomic E-state index is -0.635. The molecule has 2 aromatic carbocycles. The summed E-state index contributed by atoms with van der Waals surface area (Å²) < 4.78 is 1.48. The largest absolute Gasteiger partial charge is 0.355 e. The first-order chi connectivity index (χ1) is 14.2. The second-order valence-electron chi connectivity index (χ2n) is 7.24. The zero-order valence-electron chi connectivity index (χ0n) is 15.5. The number of carbonyl (C=O) groups is 1. The molecule has 2 aromatic heterocycles. The summed E-state index contributed by atoms with van der Waals surface area (Å²) in [4.78, 5) is 16.8. The van der Waals surface area contributed by atoms with Crippen molar-refractivity contribution in [2.75, 3.05) is 0 Å². The molecule has 0 spiro atoms.